The van der Waals surface area contributed by atoms with Gasteiger partial charge in [0.25, 0.3) is 0 Å². The number of hydrogen-bond donors (Lipinski definition) is 1. The van der Waals surface area contributed by atoms with Gasteiger partial charge in [-0.05, 0) is 37.6 Å². The molecule has 0 aromatic rings. The molecular weight excluding hydrogens is 302 g/mol. The maximum Gasteiger partial charge on any atom is 0.404 e. The molecule has 0 aromatic carbocycles. The maximum absolute atomic E-state index is 11.5. The lowest BCUT2D eigenvalue weighted by Crippen LogP contribution is -2.45. The number of carbonyl (C=O) groups is 2. The molecule has 1 amide bonds. The minimum atomic E-state index is -1.94. The summed E-state index contributed by atoms with van der Waals surface area (Å²) in [6.45, 7) is 9.80. The largest absolute Gasteiger partial charge is 0.466 e. The van der Waals surface area contributed by atoms with Gasteiger partial charge in [0.1, 0.15) is 12.2 Å². The quantitative estimate of drug-likeness (QED) is 0.398. The van der Waals surface area contributed by atoms with E-state index in [0.717, 1.165) is 18.1 Å². The van der Waals surface area contributed by atoms with Crippen molar-refractivity contribution in [1.29, 1.82) is 0 Å². The van der Waals surface area contributed by atoms with Crippen LogP contribution in [0.15, 0.2) is 11.6 Å². The van der Waals surface area contributed by atoms with Gasteiger partial charge < -0.3 is 19.6 Å². The third kappa shape index (κ3) is 6.19. The molecule has 0 heterocycles. The third-order valence-corrected chi connectivity index (χ3v) is 8.65. The van der Waals surface area contributed by atoms with Crippen LogP contribution in [0.25, 0.3) is 0 Å². The van der Waals surface area contributed by atoms with E-state index in [2.05, 4.69) is 25.5 Å². The van der Waals surface area contributed by atoms with Crippen LogP contribution in [0.4, 0.5) is 4.79 Å². The van der Waals surface area contributed by atoms with Crippen molar-refractivity contribution in [2.24, 2.45) is 5.73 Å². The summed E-state index contributed by atoms with van der Waals surface area (Å²) in [4.78, 5) is 22.5. The summed E-state index contributed by atoms with van der Waals surface area (Å²) >= 11 is 0. The van der Waals surface area contributed by atoms with Gasteiger partial charge in [-0.25, -0.2) is 9.59 Å². The molecular formula is C15H29NO5Si. The van der Waals surface area contributed by atoms with Crippen molar-refractivity contribution < 1.29 is 23.5 Å². The second-order valence-corrected chi connectivity index (χ2v) is 10.1. The van der Waals surface area contributed by atoms with E-state index in [4.69, 9.17) is 14.9 Å². The van der Waals surface area contributed by atoms with Crippen molar-refractivity contribution in [3.8, 4) is 0 Å². The Morgan fingerprint density at radius 1 is 1.18 bits per heavy atom. The Bertz CT molecular complexity index is 398. The molecule has 0 aliphatic heterocycles. The van der Waals surface area contributed by atoms with Gasteiger partial charge in [0.15, 0.2) is 8.32 Å². The fraction of sp³-hybridized carbons (Fsp3) is 0.733. The predicted molar refractivity (Wildman–Crippen MR) is 88.0 cm³/mol. The van der Waals surface area contributed by atoms with E-state index in [9.17, 15) is 9.59 Å². The van der Waals surface area contributed by atoms with Crippen molar-refractivity contribution in [1.82, 2.24) is 0 Å². The predicted octanol–water partition coefficient (Wildman–Crippen LogP) is 2.98. The van der Waals surface area contributed by atoms with Gasteiger partial charge in [-0.3, -0.25) is 0 Å². The first-order chi connectivity index (χ1) is 10.2. The molecule has 0 fully saturated rings. The van der Waals surface area contributed by atoms with E-state index in [0.29, 0.717) is 5.57 Å². The van der Waals surface area contributed by atoms with Gasteiger partial charge in [-0.15, -0.1) is 0 Å². The fourth-order valence-electron chi connectivity index (χ4n) is 2.40. The summed E-state index contributed by atoms with van der Waals surface area (Å²) in [6, 6.07) is 2.85. The Hall–Kier alpha value is -1.34. The van der Waals surface area contributed by atoms with Crippen LogP contribution >= 0.6 is 0 Å². The topological polar surface area (TPSA) is 87.8 Å². The van der Waals surface area contributed by atoms with Crippen LogP contribution in [0, 0.1) is 0 Å². The van der Waals surface area contributed by atoms with Gasteiger partial charge in [0, 0.05) is 6.08 Å². The van der Waals surface area contributed by atoms with Crippen LogP contribution in [-0.4, -0.2) is 39.7 Å². The molecule has 0 aliphatic rings. The molecule has 7 heteroatoms. The average Bonchev–Trinajstić information content (AvgIpc) is 2.48. The molecule has 0 unspecified atom stereocenters. The van der Waals surface area contributed by atoms with E-state index in [1.807, 2.05) is 0 Å². The van der Waals surface area contributed by atoms with Gasteiger partial charge in [-0.1, -0.05) is 20.8 Å². The Morgan fingerprint density at radius 3 is 2.05 bits per heavy atom. The number of hydrogen-bond acceptors (Lipinski definition) is 5. The van der Waals surface area contributed by atoms with E-state index < -0.39 is 32.6 Å². The van der Waals surface area contributed by atoms with Crippen LogP contribution in [0.3, 0.4) is 0 Å². The second kappa shape index (κ2) is 9.63. The molecule has 0 bridgehead atoms. The molecule has 0 spiro atoms. The first-order valence-electron chi connectivity index (χ1n) is 7.65. The van der Waals surface area contributed by atoms with E-state index >= 15 is 0 Å². The van der Waals surface area contributed by atoms with Crippen LogP contribution in [0.5, 0.6) is 0 Å². The van der Waals surface area contributed by atoms with Crippen LogP contribution in [0.2, 0.25) is 18.1 Å². The first kappa shape index (κ1) is 20.7. The average molecular weight is 331 g/mol. The standard InChI is InChI=1S/C15H29NO5Si/c1-7-22(8-2,9-3)21-14(12(5)20-15(16)18)11(4)10-13(17)19-6/h10,12,14H,7-9H2,1-6H3,(H2,16,18)/b11-10-/t12-,14-/m0/s1. The molecule has 0 radical (unpaired) electrons. The second-order valence-electron chi connectivity index (χ2n) is 5.34. The maximum atomic E-state index is 11.5. The molecule has 0 saturated carbocycles. The highest BCUT2D eigenvalue weighted by atomic mass is 28.4. The zero-order valence-electron chi connectivity index (χ0n) is 14.5. The molecule has 2 N–H and O–H groups in total. The highest BCUT2D eigenvalue weighted by molar-refractivity contribution is 6.73. The summed E-state index contributed by atoms with van der Waals surface area (Å²) in [6.07, 6.45) is -0.567. The number of rotatable bonds is 9. The lowest BCUT2D eigenvalue weighted by atomic mass is 10.1. The molecule has 0 aromatic heterocycles. The van der Waals surface area contributed by atoms with Crippen molar-refractivity contribution in [2.75, 3.05) is 7.11 Å². The van der Waals surface area contributed by atoms with Crippen molar-refractivity contribution in [3.63, 3.8) is 0 Å². The van der Waals surface area contributed by atoms with Crippen molar-refractivity contribution in [2.45, 2.75) is 65.0 Å². The monoisotopic (exact) mass is 331 g/mol. The Morgan fingerprint density at radius 2 is 1.68 bits per heavy atom. The Labute approximate surface area is 134 Å². The smallest absolute Gasteiger partial charge is 0.404 e. The number of primary amides is 1. The normalized spacial score (nSPS) is 15.1. The number of carbonyl (C=O) groups excluding carboxylic acids is 2. The molecule has 0 rings (SSSR count). The number of nitrogens with two attached hydrogens (primary N) is 1. The SMILES string of the molecule is CC[Si](CC)(CC)O[C@@H](/C(C)=C\C(=O)OC)[C@H](C)OC(N)=O. The summed E-state index contributed by atoms with van der Waals surface area (Å²) in [5.41, 5.74) is 5.76. The number of ether oxygens (including phenoxy) is 2. The van der Waals surface area contributed by atoms with E-state index in [-0.39, 0.29) is 0 Å². The lowest BCUT2D eigenvalue weighted by Gasteiger charge is -2.36. The zero-order chi connectivity index (χ0) is 17.3. The highest BCUT2D eigenvalue weighted by Crippen LogP contribution is 2.27. The van der Waals surface area contributed by atoms with Crippen LogP contribution in [-0.2, 0) is 18.7 Å². The molecule has 2 atom stereocenters. The summed E-state index contributed by atoms with van der Waals surface area (Å²) in [5, 5.41) is 0. The molecule has 128 valence electrons. The van der Waals surface area contributed by atoms with Gasteiger partial charge >= 0.3 is 12.1 Å². The minimum Gasteiger partial charge on any atom is -0.466 e. The molecule has 6 nitrogen and oxygen atoms in total. The fourth-order valence-corrected chi connectivity index (χ4v) is 5.32. The van der Waals surface area contributed by atoms with Crippen molar-refractivity contribution in [3.05, 3.63) is 11.6 Å². The van der Waals surface area contributed by atoms with Crippen molar-refractivity contribution >= 4 is 20.4 Å². The summed E-state index contributed by atoms with van der Waals surface area (Å²) in [5.74, 6) is -0.464. The highest BCUT2D eigenvalue weighted by Gasteiger charge is 2.35. The minimum absolute atomic E-state index is 0.464. The Balaban J connectivity index is 5.45. The third-order valence-electron chi connectivity index (χ3n) is 4.03. The van der Waals surface area contributed by atoms with E-state index in [1.54, 1.807) is 13.8 Å². The summed E-state index contributed by atoms with van der Waals surface area (Å²) < 4.78 is 16.1. The zero-order valence-corrected chi connectivity index (χ0v) is 15.5. The lowest BCUT2D eigenvalue weighted by molar-refractivity contribution is -0.135. The first-order valence-corrected chi connectivity index (χ1v) is 10.2. The molecule has 0 aliphatic carbocycles. The van der Waals surface area contributed by atoms with Gasteiger partial charge in [-0.2, -0.15) is 0 Å². The van der Waals surface area contributed by atoms with E-state index in [1.165, 1.54) is 13.2 Å². The number of esters is 1. The van der Waals surface area contributed by atoms with Gasteiger partial charge in [0.2, 0.25) is 0 Å². The van der Waals surface area contributed by atoms with Crippen LogP contribution < -0.4 is 5.73 Å². The Kier molecular flexibility index (Phi) is 9.04. The molecule has 0 saturated heterocycles. The number of amides is 1. The van der Waals surface area contributed by atoms with Crippen LogP contribution in [0.1, 0.15) is 34.6 Å². The van der Waals surface area contributed by atoms with Gasteiger partial charge in [0.05, 0.1) is 7.11 Å². The molecule has 22 heavy (non-hydrogen) atoms. The number of methoxy groups -OCH3 is 1. The summed E-state index contributed by atoms with van der Waals surface area (Å²) in [7, 11) is -0.629.